The molecule has 0 saturated carbocycles. The van der Waals surface area contributed by atoms with E-state index in [1.807, 2.05) is 0 Å². The number of halogens is 2. The molecular formula is C14H15ClFN3O3S2. The van der Waals surface area contributed by atoms with E-state index in [0.717, 1.165) is 41.9 Å². The van der Waals surface area contributed by atoms with Gasteiger partial charge in [-0.1, -0.05) is 11.6 Å². The van der Waals surface area contributed by atoms with Gasteiger partial charge in [0.15, 0.2) is 0 Å². The average Bonchev–Trinajstić information content (AvgIpc) is 2.87. The van der Waals surface area contributed by atoms with Crippen LogP contribution < -0.4 is 9.67 Å². The smallest absolute Gasteiger partial charge is 0.325 e. The number of thiophene rings is 1. The number of hydrogen-bond donors (Lipinski definition) is 0. The van der Waals surface area contributed by atoms with Crippen molar-refractivity contribution >= 4 is 45.9 Å². The molecule has 24 heavy (non-hydrogen) atoms. The van der Waals surface area contributed by atoms with E-state index >= 15 is 0 Å². The number of esters is 1. The fourth-order valence-electron chi connectivity index (χ4n) is 2.52. The minimum atomic E-state index is -0.576. The molecule has 3 rings (SSSR count). The lowest BCUT2D eigenvalue weighted by molar-refractivity contribution is -0.139. The quantitative estimate of drug-likeness (QED) is 0.755. The molecule has 130 valence electrons. The van der Waals surface area contributed by atoms with Gasteiger partial charge in [0, 0.05) is 18.0 Å². The van der Waals surface area contributed by atoms with Crippen molar-refractivity contribution in [2.75, 3.05) is 7.11 Å². The van der Waals surface area contributed by atoms with E-state index < -0.39 is 11.1 Å². The zero-order valence-corrected chi connectivity index (χ0v) is 15.3. The first-order chi connectivity index (χ1) is 11.5. The molecule has 0 spiro atoms. The number of carbonyl (C=O) groups excluding carboxylic acids is 1. The Hall–Kier alpha value is -1.45. The highest BCUT2D eigenvalue weighted by Crippen LogP contribution is 2.38. The summed E-state index contributed by atoms with van der Waals surface area (Å²) < 4.78 is 22.2. The number of carbonyl (C=O) groups is 1. The van der Waals surface area contributed by atoms with E-state index in [1.165, 1.54) is 7.11 Å². The molecule has 3 heterocycles. The lowest BCUT2D eigenvalue weighted by atomic mass is 10.2. The van der Waals surface area contributed by atoms with Gasteiger partial charge in [0.1, 0.15) is 5.69 Å². The number of fused-ring (bicyclic) bond motifs is 1. The van der Waals surface area contributed by atoms with Crippen LogP contribution in [0.2, 0.25) is 5.02 Å². The van der Waals surface area contributed by atoms with E-state index in [1.54, 1.807) is 9.36 Å². The molecule has 0 aromatic carbocycles. The van der Waals surface area contributed by atoms with Gasteiger partial charge in [-0.25, -0.2) is 9.67 Å². The van der Waals surface area contributed by atoms with E-state index in [4.69, 9.17) is 11.6 Å². The van der Waals surface area contributed by atoms with Crippen LogP contribution in [0.5, 0.6) is 0 Å². The van der Waals surface area contributed by atoms with Crippen molar-refractivity contribution in [3.05, 3.63) is 29.5 Å². The van der Waals surface area contributed by atoms with Gasteiger partial charge in [0.05, 0.1) is 18.6 Å². The second-order valence-corrected chi connectivity index (χ2v) is 7.64. The predicted molar refractivity (Wildman–Crippen MR) is 90.7 cm³/mol. The Morgan fingerprint density at radius 1 is 1.29 bits per heavy atom. The first kappa shape index (κ1) is 17.4. The Morgan fingerprint density at radius 3 is 2.71 bits per heavy atom. The van der Waals surface area contributed by atoms with Crippen molar-refractivity contribution in [3.63, 3.8) is 0 Å². The molecule has 10 heteroatoms. The molecule has 0 unspecified atom stereocenters. The normalized spacial score (nSPS) is 15.2. The molecule has 0 amide bonds. The zero-order chi connectivity index (χ0) is 17.3. The molecule has 0 N–H and O–H groups in total. The maximum atomic E-state index is 14.2. The standard InChI is InChI=1S/C14H15ClFN3O3S2/c1-22-9(20)7-8-10(15)11(12(16)23-8)17-13-18-5-3-2-4-6-19(18)14(21)24-13/h2-7H2,1H3. The van der Waals surface area contributed by atoms with Crippen LogP contribution in [0.25, 0.3) is 0 Å². The van der Waals surface area contributed by atoms with Gasteiger partial charge in [-0.3, -0.25) is 14.3 Å². The molecule has 0 atom stereocenters. The monoisotopic (exact) mass is 391 g/mol. The molecule has 0 aliphatic carbocycles. The maximum Gasteiger partial charge on any atom is 0.325 e. The Labute approximate surface area is 149 Å². The van der Waals surface area contributed by atoms with Crippen LogP contribution in [-0.4, -0.2) is 22.4 Å². The fourth-order valence-corrected chi connectivity index (χ4v) is 4.60. The summed E-state index contributed by atoms with van der Waals surface area (Å²) in [5, 5.41) is -0.482. The van der Waals surface area contributed by atoms with Crippen LogP contribution in [0.1, 0.15) is 24.1 Å². The largest absolute Gasteiger partial charge is 0.469 e. The van der Waals surface area contributed by atoms with Gasteiger partial charge in [0.25, 0.3) is 0 Å². The third kappa shape index (κ3) is 3.33. The highest BCUT2D eigenvalue weighted by atomic mass is 35.5. The topological polar surface area (TPSA) is 65.6 Å². The van der Waals surface area contributed by atoms with Gasteiger partial charge < -0.3 is 4.74 Å². The van der Waals surface area contributed by atoms with Crippen LogP contribution in [0.3, 0.4) is 0 Å². The highest BCUT2D eigenvalue weighted by Gasteiger charge is 2.20. The number of ether oxygens (including phenoxy) is 1. The van der Waals surface area contributed by atoms with E-state index in [9.17, 15) is 14.0 Å². The Kier molecular flexibility index (Phi) is 5.21. The lowest BCUT2D eigenvalue weighted by Gasteiger charge is -2.04. The summed E-state index contributed by atoms with van der Waals surface area (Å²) in [5.41, 5.74) is -0.0260. The number of rotatable bonds is 3. The number of hydrogen-bond acceptors (Lipinski definition) is 6. The van der Waals surface area contributed by atoms with Crippen molar-refractivity contribution in [2.24, 2.45) is 4.99 Å². The fraction of sp³-hybridized carbons (Fsp3) is 0.500. The summed E-state index contributed by atoms with van der Waals surface area (Å²) in [4.78, 5) is 28.4. The Bertz CT molecular complexity index is 896. The molecular weight excluding hydrogens is 377 g/mol. The summed E-state index contributed by atoms with van der Waals surface area (Å²) in [6.07, 6.45) is 2.81. The molecule has 6 nitrogen and oxygen atoms in total. The van der Waals surface area contributed by atoms with E-state index in [-0.39, 0.29) is 22.0 Å². The molecule has 0 fully saturated rings. The Balaban J connectivity index is 2.07. The summed E-state index contributed by atoms with van der Waals surface area (Å²) in [6.45, 7) is 1.30. The molecule has 1 aliphatic heterocycles. The van der Waals surface area contributed by atoms with Gasteiger partial charge in [-0.05, 0) is 30.6 Å². The summed E-state index contributed by atoms with van der Waals surface area (Å²) >= 11 is 7.92. The SMILES string of the molecule is COC(=O)Cc1sc(F)c(N=c2sc(=O)n3n2CCCCC3)c1Cl. The van der Waals surface area contributed by atoms with Gasteiger partial charge in [-0.2, -0.15) is 4.39 Å². The van der Waals surface area contributed by atoms with Crippen LogP contribution in [0.4, 0.5) is 10.1 Å². The molecule has 1 aliphatic rings. The van der Waals surface area contributed by atoms with Gasteiger partial charge in [-0.15, -0.1) is 11.3 Å². The third-order valence-corrected chi connectivity index (χ3v) is 6.09. The first-order valence-electron chi connectivity index (χ1n) is 7.40. The van der Waals surface area contributed by atoms with Crippen LogP contribution in [0.15, 0.2) is 9.79 Å². The minimum Gasteiger partial charge on any atom is -0.469 e. The van der Waals surface area contributed by atoms with Crippen LogP contribution in [0, 0.1) is 5.13 Å². The van der Waals surface area contributed by atoms with Crippen molar-refractivity contribution in [3.8, 4) is 0 Å². The summed E-state index contributed by atoms with van der Waals surface area (Å²) in [7, 11) is 1.26. The molecule has 0 radical (unpaired) electrons. The second kappa shape index (κ2) is 7.20. The van der Waals surface area contributed by atoms with Crippen molar-refractivity contribution in [1.82, 2.24) is 9.36 Å². The van der Waals surface area contributed by atoms with Crippen LogP contribution >= 0.6 is 34.3 Å². The van der Waals surface area contributed by atoms with Crippen molar-refractivity contribution in [2.45, 2.75) is 38.8 Å². The van der Waals surface area contributed by atoms with E-state index in [2.05, 4.69) is 9.73 Å². The van der Waals surface area contributed by atoms with Crippen molar-refractivity contribution in [1.29, 1.82) is 0 Å². The predicted octanol–water partition coefficient (Wildman–Crippen LogP) is 2.70. The zero-order valence-electron chi connectivity index (χ0n) is 12.9. The Morgan fingerprint density at radius 2 is 2.00 bits per heavy atom. The average molecular weight is 392 g/mol. The maximum absolute atomic E-state index is 14.2. The van der Waals surface area contributed by atoms with Crippen LogP contribution in [-0.2, 0) is 29.0 Å². The molecule has 0 saturated heterocycles. The lowest BCUT2D eigenvalue weighted by Crippen LogP contribution is -2.25. The number of methoxy groups -OCH3 is 1. The van der Waals surface area contributed by atoms with E-state index in [0.29, 0.717) is 22.8 Å². The molecule has 2 aromatic heterocycles. The van der Waals surface area contributed by atoms with Crippen molar-refractivity contribution < 1.29 is 13.9 Å². The number of aromatic nitrogens is 2. The molecule has 0 bridgehead atoms. The minimum absolute atomic E-state index is 0.0260. The number of nitrogens with zero attached hydrogens (tertiary/aromatic N) is 3. The second-order valence-electron chi connectivity index (χ2n) is 5.28. The third-order valence-electron chi connectivity index (χ3n) is 3.73. The van der Waals surface area contributed by atoms with Gasteiger partial charge in [0.2, 0.25) is 9.93 Å². The van der Waals surface area contributed by atoms with Gasteiger partial charge >= 0.3 is 10.8 Å². The summed E-state index contributed by atoms with van der Waals surface area (Å²) in [5.74, 6) is -0.499. The molecule has 2 aromatic rings. The first-order valence-corrected chi connectivity index (χ1v) is 9.41. The summed E-state index contributed by atoms with van der Waals surface area (Å²) in [6, 6.07) is 0. The highest BCUT2D eigenvalue weighted by molar-refractivity contribution is 7.11.